The van der Waals surface area contributed by atoms with Gasteiger partial charge in [0.15, 0.2) is 0 Å². The average molecular weight is 471 g/mol. The lowest BCUT2D eigenvalue weighted by Crippen LogP contribution is -2.45. The number of likely N-dealkylation sites (tertiary alicyclic amines) is 1. The third-order valence-corrected chi connectivity index (χ3v) is 7.21. The maximum absolute atomic E-state index is 13.8. The van der Waals surface area contributed by atoms with Gasteiger partial charge < -0.3 is 14.6 Å². The van der Waals surface area contributed by atoms with E-state index in [2.05, 4.69) is 5.32 Å². The summed E-state index contributed by atoms with van der Waals surface area (Å²) in [4.78, 5) is 28.7. The minimum Gasteiger partial charge on any atom is -0.464 e. The second-order valence-corrected chi connectivity index (χ2v) is 9.51. The van der Waals surface area contributed by atoms with Crippen molar-refractivity contribution in [2.45, 2.75) is 24.9 Å². The average Bonchev–Trinajstić information content (AvgIpc) is 3.27. The highest BCUT2D eigenvalue weighted by molar-refractivity contribution is 6.30. The molecule has 1 aliphatic carbocycles. The summed E-state index contributed by atoms with van der Waals surface area (Å²) in [6.45, 7) is 0.422. The van der Waals surface area contributed by atoms with E-state index in [9.17, 15) is 9.59 Å². The number of hydrogen-bond acceptors (Lipinski definition) is 3. The Morgan fingerprint density at radius 1 is 0.971 bits per heavy atom. The number of furan rings is 1. The van der Waals surface area contributed by atoms with E-state index >= 15 is 0 Å². The van der Waals surface area contributed by atoms with Crippen LogP contribution >= 0.6 is 11.6 Å². The highest BCUT2D eigenvalue weighted by atomic mass is 35.5. The molecule has 2 amide bonds. The molecule has 0 radical (unpaired) electrons. The number of nitrogens with zero attached hydrogens (tertiary/aromatic N) is 1. The van der Waals surface area contributed by atoms with Crippen molar-refractivity contribution in [3.8, 4) is 11.1 Å². The SMILES string of the molecule is O=C(NC[C@@H]1CC2CC2N1C(=O)c1ccccc1-c1cccc(Cl)c1)c1cccc2occc12. The minimum absolute atomic E-state index is 0.0109. The van der Waals surface area contributed by atoms with Crippen LogP contribution < -0.4 is 5.32 Å². The Hall–Kier alpha value is -3.57. The number of carbonyl (C=O) groups excluding carboxylic acids is 2. The summed E-state index contributed by atoms with van der Waals surface area (Å²) in [5.74, 6) is 0.373. The number of piperidine rings is 1. The highest BCUT2D eigenvalue weighted by Gasteiger charge is 2.54. The summed E-state index contributed by atoms with van der Waals surface area (Å²) in [5.41, 5.74) is 3.72. The minimum atomic E-state index is -0.153. The first kappa shape index (κ1) is 21.0. The van der Waals surface area contributed by atoms with Gasteiger partial charge >= 0.3 is 0 Å². The van der Waals surface area contributed by atoms with Crippen molar-refractivity contribution < 1.29 is 14.0 Å². The maximum Gasteiger partial charge on any atom is 0.255 e. The summed E-state index contributed by atoms with van der Waals surface area (Å²) in [6.07, 6.45) is 3.53. The van der Waals surface area contributed by atoms with E-state index in [-0.39, 0.29) is 23.9 Å². The van der Waals surface area contributed by atoms with Gasteiger partial charge in [-0.1, -0.05) is 48.0 Å². The zero-order valence-corrected chi connectivity index (χ0v) is 19.2. The van der Waals surface area contributed by atoms with E-state index in [4.69, 9.17) is 16.0 Å². The van der Waals surface area contributed by atoms with E-state index in [0.717, 1.165) is 29.4 Å². The second-order valence-electron chi connectivity index (χ2n) is 9.07. The molecule has 4 aromatic rings. The van der Waals surface area contributed by atoms with Gasteiger partial charge in [-0.25, -0.2) is 0 Å². The Kier molecular flexibility index (Phi) is 5.15. The molecule has 3 atom stereocenters. The Morgan fingerprint density at radius 2 is 1.79 bits per heavy atom. The van der Waals surface area contributed by atoms with Gasteiger partial charge in [0.1, 0.15) is 5.58 Å². The van der Waals surface area contributed by atoms with E-state index in [0.29, 0.717) is 34.2 Å². The predicted octanol–water partition coefficient (Wildman–Crippen LogP) is 5.79. The van der Waals surface area contributed by atoms with Crippen LogP contribution in [0.3, 0.4) is 0 Å². The Bertz CT molecular complexity index is 1410. The molecule has 34 heavy (non-hydrogen) atoms. The van der Waals surface area contributed by atoms with Crippen LogP contribution in [0, 0.1) is 5.92 Å². The highest BCUT2D eigenvalue weighted by Crippen LogP contribution is 2.48. The lowest BCUT2D eigenvalue weighted by molar-refractivity contribution is 0.0689. The first-order chi connectivity index (χ1) is 16.6. The molecule has 1 saturated carbocycles. The van der Waals surface area contributed by atoms with Crippen molar-refractivity contribution >= 4 is 34.4 Å². The fourth-order valence-electron chi connectivity index (χ4n) is 5.27. The molecule has 6 heteroatoms. The molecule has 1 N–H and O–H groups in total. The molecule has 2 aliphatic rings. The second kappa shape index (κ2) is 8.33. The van der Waals surface area contributed by atoms with Gasteiger partial charge in [-0.2, -0.15) is 0 Å². The number of halogens is 1. The third kappa shape index (κ3) is 3.66. The van der Waals surface area contributed by atoms with Gasteiger partial charge in [-0.05, 0) is 66.3 Å². The van der Waals surface area contributed by atoms with Crippen molar-refractivity contribution in [1.29, 1.82) is 0 Å². The lowest BCUT2D eigenvalue weighted by atomic mass is 9.98. The first-order valence-corrected chi connectivity index (χ1v) is 11.9. The van der Waals surface area contributed by atoms with E-state index in [1.54, 1.807) is 18.4 Å². The smallest absolute Gasteiger partial charge is 0.255 e. The molecule has 170 valence electrons. The van der Waals surface area contributed by atoms with E-state index in [1.165, 1.54) is 0 Å². The van der Waals surface area contributed by atoms with E-state index < -0.39 is 0 Å². The Morgan fingerprint density at radius 3 is 2.68 bits per heavy atom. The topological polar surface area (TPSA) is 62.6 Å². The van der Waals surface area contributed by atoms with Crippen LogP contribution in [-0.4, -0.2) is 35.3 Å². The van der Waals surface area contributed by atoms with Gasteiger partial charge in [-0.15, -0.1) is 0 Å². The third-order valence-electron chi connectivity index (χ3n) is 6.98. The summed E-state index contributed by atoms with van der Waals surface area (Å²) >= 11 is 6.22. The summed E-state index contributed by atoms with van der Waals surface area (Å²) in [6, 6.07) is 22.7. The Labute approximate surface area is 202 Å². The van der Waals surface area contributed by atoms with Crippen molar-refractivity contribution in [1.82, 2.24) is 10.2 Å². The fraction of sp³-hybridized carbons (Fsp3) is 0.214. The normalized spacial score (nSPS) is 20.9. The molecule has 0 spiro atoms. The predicted molar refractivity (Wildman–Crippen MR) is 132 cm³/mol. The van der Waals surface area contributed by atoms with Crippen molar-refractivity contribution in [2.24, 2.45) is 5.92 Å². The summed E-state index contributed by atoms with van der Waals surface area (Å²) in [7, 11) is 0. The lowest BCUT2D eigenvalue weighted by Gasteiger charge is -2.29. The quantitative estimate of drug-likeness (QED) is 0.401. The van der Waals surface area contributed by atoms with Crippen LogP contribution in [0.25, 0.3) is 22.1 Å². The molecular formula is C28H23ClN2O3. The van der Waals surface area contributed by atoms with Gasteiger partial charge in [0.2, 0.25) is 0 Å². The molecule has 3 aromatic carbocycles. The van der Waals surface area contributed by atoms with Gasteiger partial charge in [0.05, 0.1) is 17.9 Å². The monoisotopic (exact) mass is 470 g/mol. The van der Waals surface area contributed by atoms with Gasteiger partial charge in [-0.3, -0.25) is 9.59 Å². The molecule has 1 aliphatic heterocycles. The summed E-state index contributed by atoms with van der Waals surface area (Å²) < 4.78 is 5.42. The molecule has 2 unspecified atom stereocenters. The summed E-state index contributed by atoms with van der Waals surface area (Å²) in [5, 5.41) is 4.49. The molecule has 1 saturated heterocycles. The number of benzene rings is 3. The zero-order valence-electron chi connectivity index (χ0n) is 18.4. The fourth-order valence-corrected chi connectivity index (χ4v) is 5.46. The van der Waals surface area contributed by atoms with Crippen LogP contribution in [0.15, 0.2) is 83.5 Å². The number of amides is 2. The molecule has 1 aromatic heterocycles. The first-order valence-electron chi connectivity index (χ1n) is 11.5. The molecular weight excluding hydrogens is 448 g/mol. The standard InChI is InChI=1S/C28H23ClN2O3/c29-19-6-3-5-17(13-19)21-7-1-2-8-24(21)28(33)31-20(14-18-15-25(18)31)16-30-27(32)23-9-4-10-26-22(23)11-12-34-26/h1-13,18,20,25H,14-16H2,(H,30,32)/t18?,20-,25?/m0/s1. The van der Waals surface area contributed by atoms with Crippen LogP contribution in [0.1, 0.15) is 33.6 Å². The van der Waals surface area contributed by atoms with Crippen molar-refractivity contribution in [3.05, 3.63) is 95.2 Å². The van der Waals surface area contributed by atoms with Crippen LogP contribution in [0.5, 0.6) is 0 Å². The number of hydrogen-bond donors (Lipinski definition) is 1. The molecule has 5 nitrogen and oxygen atoms in total. The number of carbonyl (C=O) groups is 2. The van der Waals surface area contributed by atoms with Crippen LogP contribution in [0.2, 0.25) is 5.02 Å². The molecule has 2 fully saturated rings. The van der Waals surface area contributed by atoms with Gasteiger partial charge in [0.25, 0.3) is 11.8 Å². The van der Waals surface area contributed by atoms with Crippen molar-refractivity contribution in [3.63, 3.8) is 0 Å². The maximum atomic E-state index is 13.8. The molecule has 0 bridgehead atoms. The van der Waals surface area contributed by atoms with Gasteiger partial charge in [0, 0.05) is 28.6 Å². The number of rotatable bonds is 5. The molecule has 6 rings (SSSR count). The van der Waals surface area contributed by atoms with E-state index in [1.807, 2.05) is 65.6 Å². The van der Waals surface area contributed by atoms with Crippen molar-refractivity contribution in [2.75, 3.05) is 6.54 Å². The zero-order chi connectivity index (χ0) is 23.2. The molecule has 2 heterocycles. The Balaban J connectivity index is 1.24. The number of nitrogens with one attached hydrogen (secondary N) is 1. The largest absolute Gasteiger partial charge is 0.464 e. The number of fused-ring (bicyclic) bond motifs is 2. The van der Waals surface area contributed by atoms with Crippen LogP contribution in [0.4, 0.5) is 0 Å². The van der Waals surface area contributed by atoms with Crippen LogP contribution in [-0.2, 0) is 0 Å².